The molecule has 3 heteroatoms. The van der Waals surface area contributed by atoms with Gasteiger partial charge in [0.15, 0.2) is 0 Å². The molecule has 0 aromatic heterocycles. The Bertz CT molecular complexity index is 618. The van der Waals surface area contributed by atoms with Crippen LogP contribution in [-0.2, 0) is 0 Å². The number of benzene rings is 2. The summed E-state index contributed by atoms with van der Waals surface area (Å²) in [5, 5.41) is 6.46. The van der Waals surface area contributed by atoms with E-state index in [9.17, 15) is 4.79 Å². The molecule has 2 aliphatic carbocycles. The van der Waals surface area contributed by atoms with Crippen molar-refractivity contribution < 1.29 is 4.79 Å². The quantitative estimate of drug-likeness (QED) is 0.803. The summed E-state index contributed by atoms with van der Waals surface area (Å²) in [5.74, 6) is 1.16. The first-order chi connectivity index (χ1) is 11.8. The lowest BCUT2D eigenvalue weighted by Crippen LogP contribution is -2.41. The fraction of sp³-hybridized carbons (Fsp3) is 0.381. The fourth-order valence-electron chi connectivity index (χ4n) is 3.45. The van der Waals surface area contributed by atoms with Crippen LogP contribution in [0, 0.1) is 11.8 Å². The highest BCUT2D eigenvalue weighted by Gasteiger charge is 2.36. The van der Waals surface area contributed by atoms with Gasteiger partial charge in [-0.1, -0.05) is 60.7 Å². The van der Waals surface area contributed by atoms with Crippen molar-refractivity contribution in [3.05, 3.63) is 71.8 Å². The minimum atomic E-state index is -0.0449. The van der Waals surface area contributed by atoms with Gasteiger partial charge >= 0.3 is 6.03 Å². The van der Waals surface area contributed by atoms with Gasteiger partial charge in [0.2, 0.25) is 0 Å². The van der Waals surface area contributed by atoms with Crippen molar-refractivity contribution in [1.29, 1.82) is 0 Å². The van der Waals surface area contributed by atoms with Crippen molar-refractivity contribution in [3.63, 3.8) is 0 Å². The van der Waals surface area contributed by atoms with E-state index in [-0.39, 0.29) is 18.1 Å². The van der Waals surface area contributed by atoms with Crippen LogP contribution in [0.1, 0.15) is 48.9 Å². The topological polar surface area (TPSA) is 41.1 Å². The van der Waals surface area contributed by atoms with Gasteiger partial charge in [0.05, 0.1) is 12.1 Å². The minimum Gasteiger partial charge on any atom is -0.331 e. The van der Waals surface area contributed by atoms with Gasteiger partial charge in [0.25, 0.3) is 0 Å². The molecule has 2 saturated carbocycles. The Labute approximate surface area is 143 Å². The SMILES string of the molecule is O=C(N[C@@H](c1ccccc1)C1CC1)N[C@@H](c1ccccc1)C1CC1. The van der Waals surface area contributed by atoms with Crippen LogP contribution < -0.4 is 10.6 Å². The van der Waals surface area contributed by atoms with Crippen molar-refractivity contribution in [2.75, 3.05) is 0 Å². The maximum absolute atomic E-state index is 12.7. The highest BCUT2D eigenvalue weighted by molar-refractivity contribution is 5.75. The third-order valence-electron chi connectivity index (χ3n) is 5.08. The first-order valence-electron chi connectivity index (χ1n) is 8.98. The number of carbonyl (C=O) groups is 1. The molecule has 0 saturated heterocycles. The van der Waals surface area contributed by atoms with Crippen LogP contribution in [-0.4, -0.2) is 6.03 Å². The summed E-state index contributed by atoms with van der Waals surface area (Å²) in [6, 6.07) is 20.9. The molecule has 2 aromatic rings. The molecule has 0 radical (unpaired) electrons. The van der Waals surface area contributed by atoms with Crippen LogP contribution in [0.15, 0.2) is 60.7 Å². The van der Waals surface area contributed by atoms with Crippen molar-refractivity contribution in [2.45, 2.75) is 37.8 Å². The third kappa shape index (κ3) is 3.61. The molecule has 0 spiro atoms. The molecular formula is C21H24N2O. The number of hydrogen-bond acceptors (Lipinski definition) is 1. The molecule has 4 rings (SSSR count). The number of hydrogen-bond donors (Lipinski definition) is 2. The summed E-state index contributed by atoms with van der Waals surface area (Å²) in [6.45, 7) is 0. The zero-order valence-electron chi connectivity index (χ0n) is 13.8. The van der Waals surface area contributed by atoms with Crippen LogP contribution in [0.2, 0.25) is 0 Å². The number of urea groups is 1. The first-order valence-corrected chi connectivity index (χ1v) is 8.98. The van der Waals surface area contributed by atoms with Crippen molar-refractivity contribution in [1.82, 2.24) is 10.6 Å². The molecule has 3 nitrogen and oxygen atoms in total. The molecule has 2 aliphatic rings. The van der Waals surface area contributed by atoms with Gasteiger partial charge in [-0.3, -0.25) is 0 Å². The Morgan fingerprint density at radius 1 is 0.708 bits per heavy atom. The second kappa shape index (κ2) is 6.68. The van der Waals surface area contributed by atoms with Crippen molar-refractivity contribution >= 4 is 6.03 Å². The molecular weight excluding hydrogens is 296 g/mol. The highest BCUT2D eigenvalue weighted by atomic mass is 16.2. The molecule has 0 aliphatic heterocycles. The van der Waals surface area contributed by atoms with Gasteiger partial charge in [0.1, 0.15) is 0 Å². The molecule has 0 bridgehead atoms. The number of carbonyl (C=O) groups excluding carboxylic acids is 1. The van der Waals surface area contributed by atoms with Crippen molar-refractivity contribution in [2.24, 2.45) is 11.8 Å². The fourth-order valence-corrected chi connectivity index (χ4v) is 3.45. The molecule has 0 unspecified atom stereocenters. The first kappa shape index (κ1) is 15.3. The number of nitrogens with one attached hydrogen (secondary N) is 2. The van der Waals surface area contributed by atoms with Gasteiger partial charge in [-0.2, -0.15) is 0 Å². The lowest BCUT2D eigenvalue weighted by Gasteiger charge is -2.23. The number of rotatable bonds is 6. The van der Waals surface area contributed by atoms with E-state index in [0.717, 1.165) is 0 Å². The average molecular weight is 320 g/mol. The van der Waals surface area contributed by atoms with Crippen molar-refractivity contribution in [3.8, 4) is 0 Å². The molecule has 2 atom stereocenters. The predicted octanol–water partition coefficient (Wildman–Crippen LogP) is 4.59. The van der Waals surface area contributed by atoms with Crippen LogP contribution in [0.4, 0.5) is 4.79 Å². The highest BCUT2D eigenvalue weighted by Crippen LogP contribution is 2.42. The van der Waals surface area contributed by atoms with Crippen LogP contribution in [0.25, 0.3) is 0 Å². The maximum atomic E-state index is 12.7. The molecule has 124 valence electrons. The molecule has 24 heavy (non-hydrogen) atoms. The Morgan fingerprint density at radius 3 is 1.42 bits per heavy atom. The Balaban J connectivity index is 1.45. The van der Waals surface area contributed by atoms with E-state index in [4.69, 9.17) is 0 Å². The summed E-state index contributed by atoms with van der Waals surface area (Å²) in [7, 11) is 0. The summed E-state index contributed by atoms with van der Waals surface area (Å²) in [4.78, 5) is 12.7. The molecule has 2 N–H and O–H groups in total. The maximum Gasteiger partial charge on any atom is 0.315 e. The molecule has 2 aromatic carbocycles. The smallest absolute Gasteiger partial charge is 0.315 e. The largest absolute Gasteiger partial charge is 0.331 e. The van der Waals surface area contributed by atoms with E-state index in [1.54, 1.807) is 0 Å². The van der Waals surface area contributed by atoms with E-state index in [2.05, 4.69) is 34.9 Å². The van der Waals surface area contributed by atoms with Gasteiger partial charge in [-0.05, 0) is 48.6 Å². The zero-order valence-corrected chi connectivity index (χ0v) is 13.8. The van der Waals surface area contributed by atoms with E-state index in [1.807, 2.05) is 36.4 Å². The second-order valence-corrected chi connectivity index (χ2v) is 7.07. The molecule has 0 heterocycles. The lowest BCUT2D eigenvalue weighted by atomic mass is 10.0. The van der Waals surface area contributed by atoms with Gasteiger partial charge in [0, 0.05) is 0 Å². The summed E-state index contributed by atoms with van der Waals surface area (Å²) >= 11 is 0. The summed E-state index contributed by atoms with van der Waals surface area (Å²) in [5.41, 5.74) is 2.41. The monoisotopic (exact) mass is 320 g/mol. The van der Waals surface area contributed by atoms with E-state index in [0.29, 0.717) is 11.8 Å². The Morgan fingerprint density at radius 2 is 1.08 bits per heavy atom. The van der Waals surface area contributed by atoms with Crippen LogP contribution >= 0.6 is 0 Å². The van der Waals surface area contributed by atoms with Crippen LogP contribution in [0.5, 0.6) is 0 Å². The molecule has 2 amide bonds. The van der Waals surface area contributed by atoms with Gasteiger partial charge in [-0.15, -0.1) is 0 Å². The standard InChI is InChI=1S/C21H24N2O/c24-21(22-19(17-11-12-17)15-7-3-1-4-8-15)23-20(18-13-14-18)16-9-5-2-6-10-16/h1-10,17-20H,11-14H2,(H2,22,23,24)/t19-,20-/m0/s1. The predicted molar refractivity (Wildman–Crippen MR) is 95.5 cm³/mol. The number of amides is 2. The molecule has 2 fully saturated rings. The summed E-state index contributed by atoms with van der Waals surface area (Å²) < 4.78 is 0. The third-order valence-corrected chi connectivity index (χ3v) is 5.08. The van der Waals surface area contributed by atoms with Gasteiger partial charge < -0.3 is 10.6 Å². The Kier molecular flexibility index (Phi) is 4.24. The van der Waals surface area contributed by atoms with E-state index >= 15 is 0 Å². The van der Waals surface area contributed by atoms with E-state index < -0.39 is 0 Å². The van der Waals surface area contributed by atoms with Gasteiger partial charge in [-0.25, -0.2) is 4.79 Å². The van der Waals surface area contributed by atoms with Crippen LogP contribution in [0.3, 0.4) is 0 Å². The summed E-state index contributed by atoms with van der Waals surface area (Å²) in [6.07, 6.45) is 4.80. The normalized spacial score (nSPS) is 19.3. The van der Waals surface area contributed by atoms with E-state index in [1.165, 1.54) is 36.8 Å². The zero-order chi connectivity index (χ0) is 16.4. The minimum absolute atomic E-state index is 0.0449. The average Bonchev–Trinajstić information content (AvgIpc) is 3.52. The second-order valence-electron chi connectivity index (χ2n) is 7.07. The Hall–Kier alpha value is -2.29. The lowest BCUT2D eigenvalue weighted by molar-refractivity contribution is 0.230.